The van der Waals surface area contributed by atoms with Crippen molar-refractivity contribution in [1.82, 2.24) is 14.5 Å². The van der Waals surface area contributed by atoms with Gasteiger partial charge in [-0.25, -0.2) is 4.98 Å². The van der Waals surface area contributed by atoms with E-state index in [1.807, 2.05) is 36.3 Å². The first-order valence-corrected chi connectivity index (χ1v) is 5.55. The van der Waals surface area contributed by atoms with Crippen LogP contribution < -0.4 is 5.32 Å². The Kier molecular flexibility index (Phi) is 2.13. The predicted molar refractivity (Wildman–Crippen MR) is 62.7 cm³/mol. The Morgan fingerprint density at radius 2 is 2.25 bits per heavy atom. The molecule has 1 aliphatic carbocycles. The fourth-order valence-electron chi connectivity index (χ4n) is 1.70. The zero-order valence-electron chi connectivity index (χ0n) is 9.22. The molecule has 0 bridgehead atoms. The number of pyridine rings is 1. The van der Waals surface area contributed by atoms with Crippen molar-refractivity contribution in [2.75, 3.05) is 5.32 Å². The first-order chi connectivity index (χ1) is 7.83. The van der Waals surface area contributed by atoms with Crippen LogP contribution in [0.25, 0.3) is 5.69 Å². The van der Waals surface area contributed by atoms with Gasteiger partial charge in [-0.2, -0.15) is 0 Å². The molecule has 0 aliphatic heterocycles. The number of imidazole rings is 1. The molecule has 0 unspecified atom stereocenters. The van der Waals surface area contributed by atoms with Gasteiger partial charge in [0.15, 0.2) is 0 Å². The predicted octanol–water partition coefficient (Wildman–Crippen LogP) is 2.15. The Bertz CT molecular complexity index is 499. The van der Waals surface area contributed by atoms with E-state index in [2.05, 4.69) is 21.4 Å². The van der Waals surface area contributed by atoms with Crippen LogP contribution in [0.1, 0.15) is 18.4 Å². The van der Waals surface area contributed by atoms with Crippen molar-refractivity contribution < 1.29 is 0 Å². The summed E-state index contributed by atoms with van der Waals surface area (Å²) >= 11 is 0. The van der Waals surface area contributed by atoms with Crippen LogP contribution in [0.5, 0.6) is 0 Å². The Morgan fingerprint density at radius 3 is 3.00 bits per heavy atom. The number of nitrogens with one attached hydrogen (secondary N) is 1. The molecule has 2 aromatic rings. The maximum atomic E-state index is 4.33. The topological polar surface area (TPSA) is 42.7 Å². The second-order valence-corrected chi connectivity index (χ2v) is 4.26. The van der Waals surface area contributed by atoms with Crippen molar-refractivity contribution in [3.05, 3.63) is 36.4 Å². The number of rotatable bonds is 3. The van der Waals surface area contributed by atoms with Crippen LogP contribution in [-0.4, -0.2) is 20.6 Å². The average Bonchev–Trinajstić information content (AvgIpc) is 2.95. The molecule has 0 radical (unpaired) electrons. The third-order valence-electron chi connectivity index (χ3n) is 2.69. The zero-order valence-corrected chi connectivity index (χ0v) is 9.22. The largest absolute Gasteiger partial charge is 0.353 e. The Balaban J connectivity index is 1.95. The molecule has 2 heterocycles. The first kappa shape index (κ1) is 9.39. The van der Waals surface area contributed by atoms with Crippen molar-refractivity contribution in [3.8, 4) is 5.69 Å². The Hall–Kier alpha value is -1.84. The van der Waals surface area contributed by atoms with Crippen LogP contribution in [0.3, 0.4) is 0 Å². The van der Waals surface area contributed by atoms with Crippen LogP contribution in [0, 0.1) is 6.92 Å². The zero-order chi connectivity index (χ0) is 11.0. The number of hydrogen-bond acceptors (Lipinski definition) is 3. The fourth-order valence-corrected chi connectivity index (χ4v) is 1.70. The van der Waals surface area contributed by atoms with E-state index in [0.717, 1.165) is 17.2 Å². The maximum Gasteiger partial charge on any atom is 0.207 e. The van der Waals surface area contributed by atoms with Crippen LogP contribution in [0.15, 0.2) is 30.9 Å². The lowest BCUT2D eigenvalue weighted by atomic mass is 10.3. The number of aryl methyl sites for hydroxylation is 1. The third-order valence-corrected chi connectivity index (χ3v) is 2.69. The molecule has 4 heteroatoms. The maximum absolute atomic E-state index is 4.33. The third kappa shape index (κ3) is 1.78. The molecule has 0 atom stereocenters. The van der Waals surface area contributed by atoms with Crippen molar-refractivity contribution >= 4 is 5.95 Å². The summed E-state index contributed by atoms with van der Waals surface area (Å²) in [5, 5.41) is 3.41. The summed E-state index contributed by atoms with van der Waals surface area (Å²) in [5.74, 6) is 0.912. The van der Waals surface area contributed by atoms with E-state index in [9.17, 15) is 0 Å². The first-order valence-electron chi connectivity index (χ1n) is 5.55. The Labute approximate surface area is 94.4 Å². The minimum atomic E-state index is 0.610. The average molecular weight is 214 g/mol. The molecule has 16 heavy (non-hydrogen) atoms. The molecular weight excluding hydrogens is 200 g/mol. The molecule has 1 fully saturated rings. The van der Waals surface area contributed by atoms with Crippen LogP contribution >= 0.6 is 0 Å². The Morgan fingerprint density at radius 1 is 1.38 bits per heavy atom. The normalized spacial score (nSPS) is 15.1. The SMILES string of the molecule is Cc1cncc(-n2ccnc2NC2CC2)c1. The highest BCUT2D eigenvalue weighted by atomic mass is 15.2. The van der Waals surface area contributed by atoms with E-state index < -0.39 is 0 Å². The minimum absolute atomic E-state index is 0.610. The highest BCUT2D eigenvalue weighted by molar-refractivity contribution is 5.42. The molecule has 4 nitrogen and oxygen atoms in total. The fraction of sp³-hybridized carbons (Fsp3) is 0.333. The van der Waals surface area contributed by atoms with E-state index in [1.165, 1.54) is 12.8 Å². The van der Waals surface area contributed by atoms with Crippen LogP contribution in [-0.2, 0) is 0 Å². The summed E-state index contributed by atoms with van der Waals surface area (Å²) in [5.41, 5.74) is 2.21. The van der Waals surface area contributed by atoms with E-state index in [0.29, 0.717) is 6.04 Å². The summed E-state index contributed by atoms with van der Waals surface area (Å²) < 4.78 is 2.04. The minimum Gasteiger partial charge on any atom is -0.353 e. The van der Waals surface area contributed by atoms with E-state index in [-0.39, 0.29) is 0 Å². The molecular formula is C12H14N4. The number of aromatic nitrogens is 3. The second kappa shape index (κ2) is 3.63. The quantitative estimate of drug-likeness (QED) is 0.851. The monoisotopic (exact) mass is 214 g/mol. The highest BCUT2D eigenvalue weighted by Crippen LogP contribution is 2.25. The van der Waals surface area contributed by atoms with Gasteiger partial charge in [0.25, 0.3) is 0 Å². The lowest BCUT2D eigenvalue weighted by Gasteiger charge is -2.08. The molecule has 0 amide bonds. The summed E-state index contributed by atoms with van der Waals surface area (Å²) in [4.78, 5) is 8.53. The molecule has 1 saturated carbocycles. The van der Waals surface area contributed by atoms with Gasteiger partial charge in [0.1, 0.15) is 0 Å². The second-order valence-electron chi connectivity index (χ2n) is 4.26. The van der Waals surface area contributed by atoms with Gasteiger partial charge >= 0.3 is 0 Å². The molecule has 1 N–H and O–H groups in total. The van der Waals surface area contributed by atoms with E-state index >= 15 is 0 Å². The lowest BCUT2D eigenvalue weighted by Crippen LogP contribution is -2.07. The molecule has 2 aromatic heterocycles. The van der Waals surface area contributed by atoms with Gasteiger partial charge in [-0.05, 0) is 31.4 Å². The van der Waals surface area contributed by atoms with E-state index in [4.69, 9.17) is 0 Å². The number of hydrogen-bond donors (Lipinski definition) is 1. The van der Waals surface area contributed by atoms with Gasteiger partial charge in [0.05, 0.1) is 11.9 Å². The van der Waals surface area contributed by atoms with Gasteiger partial charge in [-0.3, -0.25) is 9.55 Å². The van der Waals surface area contributed by atoms with Crippen LogP contribution in [0.4, 0.5) is 5.95 Å². The number of anilines is 1. The van der Waals surface area contributed by atoms with Gasteiger partial charge in [-0.15, -0.1) is 0 Å². The molecule has 1 aliphatic rings. The standard InChI is InChI=1S/C12H14N4/c1-9-6-11(8-13-7-9)16-5-4-14-12(16)15-10-2-3-10/h4-8,10H,2-3H2,1H3,(H,14,15). The van der Waals surface area contributed by atoms with Gasteiger partial charge in [-0.1, -0.05) is 0 Å². The molecule has 3 rings (SSSR count). The van der Waals surface area contributed by atoms with Gasteiger partial charge in [0.2, 0.25) is 5.95 Å². The van der Waals surface area contributed by atoms with E-state index in [1.54, 1.807) is 0 Å². The highest BCUT2D eigenvalue weighted by Gasteiger charge is 2.22. The molecule has 0 aromatic carbocycles. The van der Waals surface area contributed by atoms with Crippen molar-refractivity contribution in [3.63, 3.8) is 0 Å². The van der Waals surface area contributed by atoms with Crippen molar-refractivity contribution in [1.29, 1.82) is 0 Å². The smallest absolute Gasteiger partial charge is 0.207 e. The number of nitrogens with zero attached hydrogens (tertiary/aromatic N) is 3. The van der Waals surface area contributed by atoms with Gasteiger partial charge in [0, 0.05) is 24.6 Å². The summed E-state index contributed by atoms with van der Waals surface area (Å²) in [6.07, 6.45) is 9.98. The lowest BCUT2D eigenvalue weighted by molar-refractivity contribution is 0.990. The summed E-state index contributed by atoms with van der Waals surface area (Å²) in [6, 6.07) is 2.71. The molecule has 0 saturated heterocycles. The van der Waals surface area contributed by atoms with Gasteiger partial charge < -0.3 is 5.32 Å². The summed E-state index contributed by atoms with van der Waals surface area (Å²) in [6.45, 7) is 2.04. The molecule has 0 spiro atoms. The van der Waals surface area contributed by atoms with Crippen molar-refractivity contribution in [2.24, 2.45) is 0 Å². The van der Waals surface area contributed by atoms with Crippen LogP contribution in [0.2, 0.25) is 0 Å². The summed E-state index contributed by atoms with van der Waals surface area (Å²) in [7, 11) is 0. The van der Waals surface area contributed by atoms with Crippen molar-refractivity contribution in [2.45, 2.75) is 25.8 Å². The molecule has 82 valence electrons.